The van der Waals surface area contributed by atoms with Crippen LogP contribution in [0.2, 0.25) is 0 Å². The highest BCUT2D eigenvalue weighted by atomic mass is 32.2. The standard InChI is InChI=1S/C15H17NO4S/c17-9-3-6-12-5-1-2-8-14(12)15(18)16-11-13-7-4-10-21(13,19)20/h1-2,5,8,13,17H,4,7,9-11H2,(H,16,18). The summed E-state index contributed by atoms with van der Waals surface area (Å²) in [5.74, 6) is 5.06. The summed E-state index contributed by atoms with van der Waals surface area (Å²) in [6, 6.07) is 6.77. The van der Waals surface area contributed by atoms with E-state index >= 15 is 0 Å². The van der Waals surface area contributed by atoms with Crippen molar-refractivity contribution in [1.29, 1.82) is 0 Å². The van der Waals surface area contributed by atoms with Crippen LogP contribution in [0.4, 0.5) is 0 Å². The molecule has 0 radical (unpaired) electrons. The molecule has 1 aromatic carbocycles. The van der Waals surface area contributed by atoms with E-state index in [0.29, 0.717) is 24.0 Å². The van der Waals surface area contributed by atoms with E-state index in [9.17, 15) is 13.2 Å². The van der Waals surface area contributed by atoms with Crippen molar-refractivity contribution >= 4 is 15.7 Å². The summed E-state index contributed by atoms with van der Waals surface area (Å²) < 4.78 is 23.4. The van der Waals surface area contributed by atoms with E-state index in [2.05, 4.69) is 17.2 Å². The van der Waals surface area contributed by atoms with E-state index in [4.69, 9.17) is 5.11 Å². The Bertz CT molecular complexity index is 685. The molecule has 1 heterocycles. The predicted octanol–water partition coefficient (Wildman–Crippen LogP) is 0.337. The molecule has 0 saturated carbocycles. The number of nitrogens with one attached hydrogen (secondary N) is 1. The SMILES string of the molecule is O=C(NCC1CCCS1(=O)=O)c1ccccc1C#CCO. The van der Waals surface area contributed by atoms with Crippen LogP contribution in [0.5, 0.6) is 0 Å². The Labute approximate surface area is 124 Å². The van der Waals surface area contributed by atoms with Crippen molar-refractivity contribution in [2.45, 2.75) is 18.1 Å². The van der Waals surface area contributed by atoms with Gasteiger partial charge >= 0.3 is 0 Å². The van der Waals surface area contributed by atoms with Crippen LogP contribution < -0.4 is 5.32 Å². The first-order valence-corrected chi connectivity index (χ1v) is 8.44. The first kappa shape index (κ1) is 15.5. The molecular weight excluding hydrogens is 290 g/mol. The van der Waals surface area contributed by atoms with Crippen molar-refractivity contribution in [2.24, 2.45) is 0 Å². The Morgan fingerprint density at radius 2 is 2.14 bits per heavy atom. The molecule has 1 aliphatic heterocycles. The second-order valence-corrected chi connectivity index (χ2v) is 7.25. The largest absolute Gasteiger partial charge is 0.384 e. The van der Waals surface area contributed by atoms with Crippen molar-refractivity contribution < 1.29 is 18.3 Å². The molecule has 0 aromatic heterocycles. The zero-order chi connectivity index (χ0) is 15.3. The van der Waals surface area contributed by atoms with Gasteiger partial charge in [0.1, 0.15) is 6.61 Å². The number of amides is 1. The van der Waals surface area contributed by atoms with Gasteiger partial charge in [0.15, 0.2) is 9.84 Å². The van der Waals surface area contributed by atoms with Crippen LogP contribution in [0, 0.1) is 11.8 Å². The van der Waals surface area contributed by atoms with Crippen LogP contribution in [-0.4, -0.2) is 43.6 Å². The Kier molecular flexibility index (Phi) is 4.99. The van der Waals surface area contributed by atoms with Gasteiger partial charge in [-0.25, -0.2) is 8.42 Å². The van der Waals surface area contributed by atoms with Gasteiger partial charge in [-0.05, 0) is 25.0 Å². The highest BCUT2D eigenvalue weighted by Crippen LogP contribution is 2.19. The van der Waals surface area contributed by atoms with Crippen LogP contribution in [0.3, 0.4) is 0 Å². The third kappa shape index (κ3) is 3.84. The number of hydrogen-bond donors (Lipinski definition) is 2. The first-order valence-electron chi connectivity index (χ1n) is 6.73. The number of carbonyl (C=O) groups excluding carboxylic acids is 1. The fourth-order valence-electron chi connectivity index (χ4n) is 2.31. The van der Waals surface area contributed by atoms with E-state index < -0.39 is 15.1 Å². The molecule has 112 valence electrons. The van der Waals surface area contributed by atoms with E-state index in [1.165, 1.54) is 0 Å². The minimum atomic E-state index is -3.06. The number of hydrogen-bond acceptors (Lipinski definition) is 4. The molecule has 0 bridgehead atoms. The molecule has 2 rings (SSSR count). The van der Waals surface area contributed by atoms with E-state index in [1.54, 1.807) is 24.3 Å². The second kappa shape index (κ2) is 6.74. The lowest BCUT2D eigenvalue weighted by Crippen LogP contribution is -2.34. The van der Waals surface area contributed by atoms with Crippen molar-refractivity contribution in [3.63, 3.8) is 0 Å². The lowest BCUT2D eigenvalue weighted by atomic mass is 10.1. The van der Waals surface area contributed by atoms with Crippen molar-refractivity contribution in [1.82, 2.24) is 5.32 Å². The fourth-order valence-corrected chi connectivity index (χ4v) is 4.08. The maximum Gasteiger partial charge on any atom is 0.252 e. The van der Waals surface area contributed by atoms with Crippen molar-refractivity contribution in [3.05, 3.63) is 35.4 Å². The molecule has 1 atom stereocenters. The zero-order valence-corrected chi connectivity index (χ0v) is 12.3. The lowest BCUT2D eigenvalue weighted by molar-refractivity contribution is 0.0953. The molecule has 6 heteroatoms. The first-order chi connectivity index (χ1) is 10.0. The van der Waals surface area contributed by atoms with Gasteiger partial charge in [-0.2, -0.15) is 0 Å². The highest BCUT2D eigenvalue weighted by Gasteiger charge is 2.31. The number of sulfone groups is 1. The number of aliphatic hydroxyl groups is 1. The molecule has 2 N–H and O–H groups in total. The minimum Gasteiger partial charge on any atom is -0.384 e. The van der Waals surface area contributed by atoms with Crippen molar-refractivity contribution in [2.75, 3.05) is 18.9 Å². The van der Waals surface area contributed by atoms with E-state index in [0.717, 1.165) is 0 Å². The maximum atomic E-state index is 12.2. The van der Waals surface area contributed by atoms with Crippen LogP contribution in [0.25, 0.3) is 0 Å². The van der Waals surface area contributed by atoms with Gasteiger partial charge in [0.05, 0.1) is 16.6 Å². The fraction of sp³-hybridized carbons (Fsp3) is 0.400. The monoisotopic (exact) mass is 307 g/mol. The smallest absolute Gasteiger partial charge is 0.252 e. The summed E-state index contributed by atoms with van der Waals surface area (Å²) in [4.78, 5) is 12.2. The van der Waals surface area contributed by atoms with Gasteiger partial charge in [-0.15, -0.1) is 0 Å². The third-order valence-corrected chi connectivity index (χ3v) is 5.70. The molecule has 1 aliphatic rings. The molecule has 1 saturated heterocycles. The Morgan fingerprint density at radius 3 is 2.81 bits per heavy atom. The summed E-state index contributed by atoms with van der Waals surface area (Å²) in [5, 5.41) is 10.9. The molecule has 0 spiro atoms. The Morgan fingerprint density at radius 1 is 1.38 bits per heavy atom. The Hall–Kier alpha value is -1.84. The quantitative estimate of drug-likeness (QED) is 0.789. The molecule has 1 fully saturated rings. The number of rotatable bonds is 3. The minimum absolute atomic E-state index is 0.128. The average molecular weight is 307 g/mol. The zero-order valence-electron chi connectivity index (χ0n) is 11.5. The molecular formula is C15H17NO4S. The normalized spacial score (nSPS) is 19.6. The van der Waals surface area contributed by atoms with E-state index in [1.807, 2.05) is 0 Å². The number of carbonyl (C=O) groups is 1. The van der Waals surface area contributed by atoms with Gasteiger partial charge in [-0.1, -0.05) is 24.0 Å². The molecule has 5 nitrogen and oxygen atoms in total. The van der Waals surface area contributed by atoms with Crippen LogP contribution in [0.15, 0.2) is 24.3 Å². The summed E-state index contributed by atoms with van der Waals surface area (Å²) in [7, 11) is -3.06. The summed E-state index contributed by atoms with van der Waals surface area (Å²) in [5.41, 5.74) is 0.896. The molecule has 21 heavy (non-hydrogen) atoms. The molecule has 1 amide bonds. The lowest BCUT2D eigenvalue weighted by Gasteiger charge is -2.11. The van der Waals surface area contributed by atoms with Crippen LogP contribution in [0.1, 0.15) is 28.8 Å². The summed E-state index contributed by atoms with van der Waals surface area (Å²) in [6.07, 6.45) is 1.25. The van der Waals surface area contributed by atoms with Gasteiger partial charge in [-0.3, -0.25) is 4.79 Å². The average Bonchev–Trinajstić information content (AvgIpc) is 2.81. The van der Waals surface area contributed by atoms with E-state index in [-0.39, 0.29) is 24.8 Å². The second-order valence-electron chi connectivity index (χ2n) is 4.85. The van der Waals surface area contributed by atoms with Crippen molar-refractivity contribution in [3.8, 4) is 11.8 Å². The summed E-state index contributed by atoms with van der Waals surface area (Å²) in [6.45, 7) is -0.154. The molecule has 1 unspecified atom stereocenters. The Balaban J connectivity index is 2.07. The highest BCUT2D eigenvalue weighted by molar-refractivity contribution is 7.92. The predicted molar refractivity (Wildman–Crippen MR) is 79.5 cm³/mol. The van der Waals surface area contributed by atoms with Gasteiger partial charge < -0.3 is 10.4 Å². The summed E-state index contributed by atoms with van der Waals surface area (Å²) >= 11 is 0. The van der Waals surface area contributed by atoms with Gasteiger partial charge in [0, 0.05) is 12.1 Å². The van der Waals surface area contributed by atoms with Crippen LogP contribution >= 0.6 is 0 Å². The van der Waals surface area contributed by atoms with Gasteiger partial charge in [0.25, 0.3) is 5.91 Å². The van der Waals surface area contributed by atoms with Gasteiger partial charge in [0.2, 0.25) is 0 Å². The van der Waals surface area contributed by atoms with Crippen LogP contribution in [-0.2, 0) is 9.84 Å². The molecule has 1 aromatic rings. The molecule has 0 aliphatic carbocycles. The topological polar surface area (TPSA) is 83.5 Å². The third-order valence-electron chi connectivity index (χ3n) is 3.43. The number of benzene rings is 1. The number of aliphatic hydroxyl groups excluding tert-OH is 1. The maximum absolute atomic E-state index is 12.2.